The monoisotopic (exact) mass is 353 g/mol. The molecule has 1 N–H and O–H groups in total. The zero-order valence-corrected chi connectivity index (χ0v) is 15.0. The average Bonchev–Trinajstić information content (AvgIpc) is 2.91. The number of nitrogens with one attached hydrogen (secondary N) is 1. The maximum atomic E-state index is 12.7. The zero-order chi connectivity index (χ0) is 19.0. The first kappa shape index (κ1) is 17.6. The number of fused-ring (bicyclic) bond motifs is 1. The van der Waals surface area contributed by atoms with Gasteiger partial charge in [-0.05, 0) is 38.5 Å². The number of Topliss-reactive ketones (excluding diaryl/α,β-unsaturated/α-hetero) is 1. The van der Waals surface area contributed by atoms with E-state index in [0.717, 1.165) is 5.56 Å². The molecule has 3 rings (SSSR count). The van der Waals surface area contributed by atoms with Gasteiger partial charge in [-0.15, -0.1) is 0 Å². The van der Waals surface area contributed by atoms with E-state index in [9.17, 15) is 14.4 Å². The third kappa shape index (κ3) is 2.92. The fourth-order valence-electron chi connectivity index (χ4n) is 3.06. The van der Waals surface area contributed by atoms with E-state index in [1.165, 1.54) is 18.0 Å². The molecule has 7 heteroatoms. The number of ether oxygens (including phenoxy) is 1. The Morgan fingerprint density at radius 3 is 2.65 bits per heavy atom. The van der Waals surface area contributed by atoms with Gasteiger partial charge in [0.25, 0.3) is 5.56 Å². The number of hydrogen-bond donors (Lipinski definition) is 1. The number of aromatic nitrogens is 3. The van der Waals surface area contributed by atoms with Gasteiger partial charge in [0.2, 0.25) is 0 Å². The van der Waals surface area contributed by atoms with Crippen LogP contribution in [-0.2, 0) is 11.3 Å². The molecule has 0 atom stereocenters. The molecule has 2 heterocycles. The smallest absolute Gasteiger partial charge is 0.339 e. The Hall–Kier alpha value is -3.22. The Morgan fingerprint density at radius 1 is 1.23 bits per heavy atom. The largest absolute Gasteiger partial charge is 0.465 e. The van der Waals surface area contributed by atoms with Crippen molar-refractivity contribution in [2.75, 3.05) is 7.11 Å². The van der Waals surface area contributed by atoms with Crippen LogP contribution < -0.4 is 5.56 Å². The van der Waals surface area contributed by atoms with Crippen molar-refractivity contribution in [3.63, 3.8) is 0 Å². The van der Waals surface area contributed by atoms with Gasteiger partial charge >= 0.3 is 5.97 Å². The van der Waals surface area contributed by atoms with E-state index in [-0.39, 0.29) is 17.9 Å². The van der Waals surface area contributed by atoms with Crippen molar-refractivity contribution in [3.8, 4) is 0 Å². The molecule has 0 aliphatic rings. The van der Waals surface area contributed by atoms with Crippen molar-refractivity contribution < 1.29 is 14.3 Å². The summed E-state index contributed by atoms with van der Waals surface area (Å²) in [5, 5.41) is 0.468. The standard InChI is InChI=1S/C19H19N3O4/c1-10-5-6-14-13(7-10)18(24)22(9-20-14)8-15(23)17-11(2)16(12(3)21-17)19(25)26-4/h5-7,9,21H,8H2,1-4H3. The van der Waals surface area contributed by atoms with Crippen LogP contribution in [0.15, 0.2) is 29.3 Å². The van der Waals surface area contributed by atoms with Crippen molar-refractivity contribution in [1.29, 1.82) is 0 Å². The van der Waals surface area contributed by atoms with Crippen molar-refractivity contribution in [2.45, 2.75) is 27.3 Å². The highest BCUT2D eigenvalue weighted by Crippen LogP contribution is 2.19. The van der Waals surface area contributed by atoms with Gasteiger partial charge in [0.05, 0.1) is 42.1 Å². The Labute approximate surface area is 149 Å². The van der Waals surface area contributed by atoms with E-state index >= 15 is 0 Å². The van der Waals surface area contributed by atoms with E-state index in [1.54, 1.807) is 26.0 Å². The Kier molecular flexibility index (Phi) is 4.46. The maximum absolute atomic E-state index is 12.7. The van der Waals surface area contributed by atoms with E-state index in [0.29, 0.717) is 33.4 Å². The summed E-state index contributed by atoms with van der Waals surface area (Å²) in [5.41, 5.74) is 2.95. The molecule has 0 radical (unpaired) electrons. The minimum atomic E-state index is -0.504. The molecular formula is C19H19N3O4. The van der Waals surface area contributed by atoms with Gasteiger partial charge in [0.1, 0.15) is 0 Å². The fourth-order valence-corrected chi connectivity index (χ4v) is 3.06. The minimum Gasteiger partial charge on any atom is -0.465 e. The molecule has 0 amide bonds. The molecule has 0 fully saturated rings. The van der Waals surface area contributed by atoms with Crippen LogP contribution in [0.4, 0.5) is 0 Å². The van der Waals surface area contributed by atoms with Crippen LogP contribution in [0, 0.1) is 20.8 Å². The predicted octanol–water partition coefficient (Wildman–Crippen LogP) is 2.32. The molecule has 0 saturated heterocycles. The molecule has 26 heavy (non-hydrogen) atoms. The summed E-state index contributed by atoms with van der Waals surface area (Å²) in [6.07, 6.45) is 1.37. The summed E-state index contributed by atoms with van der Waals surface area (Å²) in [7, 11) is 1.29. The quantitative estimate of drug-likeness (QED) is 0.574. The van der Waals surface area contributed by atoms with E-state index in [1.807, 2.05) is 13.0 Å². The first-order valence-corrected chi connectivity index (χ1v) is 8.10. The molecule has 2 aromatic heterocycles. The summed E-state index contributed by atoms with van der Waals surface area (Å²) < 4.78 is 6.03. The maximum Gasteiger partial charge on any atom is 0.339 e. The molecule has 0 aliphatic heterocycles. The van der Waals surface area contributed by atoms with E-state index in [4.69, 9.17) is 4.74 Å². The fraction of sp³-hybridized carbons (Fsp3) is 0.263. The summed E-state index contributed by atoms with van der Waals surface area (Å²) >= 11 is 0. The van der Waals surface area contributed by atoms with Crippen molar-refractivity contribution >= 4 is 22.7 Å². The lowest BCUT2D eigenvalue weighted by Gasteiger charge is -2.07. The molecule has 0 saturated carbocycles. The van der Waals surface area contributed by atoms with Crippen molar-refractivity contribution in [1.82, 2.24) is 14.5 Å². The van der Waals surface area contributed by atoms with Crippen molar-refractivity contribution in [3.05, 3.63) is 63.0 Å². The Balaban J connectivity index is 1.99. The third-order valence-electron chi connectivity index (χ3n) is 4.40. The first-order valence-electron chi connectivity index (χ1n) is 8.10. The average molecular weight is 353 g/mol. The van der Waals surface area contributed by atoms with E-state index < -0.39 is 5.97 Å². The topological polar surface area (TPSA) is 94.1 Å². The zero-order valence-electron chi connectivity index (χ0n) is 15.0. The molecule has 0 bridgehead atoms. The minimum absolute atomic E-state index is 0.170. The highest BCUT2D eigenvalue weighted by atomic mass is 16.5. The highest BCUT2D eigenvalue weighted by molar-refractivity contribution is 6.01. The number of benzene rings is 1. The molecule has 134 valence electrons. The normalized spacial score (nSPS) is 10.9. The second-order valence-electron chi connectivity index (χ2n) is 6.24. The van der Waals surface area contributed by atoms with Crippen LogP contribution in [0.1, 0.15) is 37.7 Å². The Morgan fingerprint density at radius 2 is 1.96 bits per heavy atom. The van der Waals surface area contributed by atoms with Gasteiger partial charge in [0.15, 0.2) is 5.78 Å². The molecule has 3 aromatic rings. The van der Waals surface area contributed by atoms with Crippen molar-refractivity contribution in [2.24, 2.45) is 0 Å². The molecular weight excluding hydrogens is 334 g/mol. The van der Waals surface area contributed by atoms with Crippen LogP contribution in [0.25, 0.3) is 10.9 Å². The number of H-pyrrole nitrogens is 1. The lowest BCUT2D eigenvalue weighted by molar-refractivity contribution is 0.0599. The number of hydrogen-bond acceptors (Lipinski definition) is 5. The van der Waals surface area contributed by atoms with Gasteiger partial charge < -0.3 is 9.72 Å². The van der Waals surface area contributed by atoms with Gasteiger partial charge in [-0.3, -0.25) is 14.2 Å². The number of aryl methyl sites for hydroxylation is 2. The van der Waals surface area contributed by atoms with Gasteiger partial charge in [0, 0.05) is 5.69 Å². The molecule has 0 aliphatic carbocycles. The number of carbonyl (C=O) groups excluding carboxylic acids is 2. The number of esters is 1. The Bertz CT molecular complexity index is 1090. The molecule has 7 nitrogen and oxygen atoms in total. The lowest BCUT2D eigenvalue weighted by Crippen LogP contribution is -2.25. The van der Waals surface area contributed by atoms with Gasteiger partial charge in [-0.25, -0.2) is 9.78 Å². The lowest BCUT2D eigenvalue weighted by atomic mass is 10.1. The molecule has 0 spiro atoms. The van der Waals surface area contributed by atoms with Crippen LogP contribution in [0.5, 0.6) is 0 Å². The molecule has 1 aromatic carbocycles. The summed E-state index contributed by atoms with van der Waals surface area (Å²) in [4.78, 5) is 44.4. The van der Waals surface area contributed by atoms with Crippen LogP contribution in [0.2, 0.25) is 0 Å². The number of methoxy groups -OCH3 is 1. The third-order valence-corrected chi connectivity index (χ3v) is 4.40. The number of carbonyl (C=O) groups is 2. The van der Waals surface area contributed by atoms with Crippen LogP contribution in [-0.4, -0.2) is 33.4 Å². The number of rotatable bonds is 4. The van der Waals surface area contributed by atoms with Crippen LogP contribution in [0.3, 0.4) is 0 Å². The summed E-state index contributed by atoms with van der Waals surface area (Å²) in [5.74, 6) is -0.813. The SMILES string of the molecule is COC(=O)c1c(C)[nH]c(C(=O)Cn2cnc3ccc(C)cc3c2=O)c1C. The number of ketones is 1. The predicted molar refractivity (Wildman–Crippen MR) is 96.7 cm³/mol. The van der Waals surface area contributed by atoms with Gasteiger partial charge in [-0.2, -0.15) is 0 Å². The number of nitrogens with zero attached hydrogens (tertiary/aromatic N) is 2. The second kappa shape index (κ2) is 6.59. The first-order chi connectivity index (χ1) is 12.3. The molecule has 0 unspecified atom stereocenters. The van der Waals surface area contributed by atoms with Gasteiger partial charge in [-0.1, -0.05) is 11.6 Å². The summed E-state index contributed by atoms with van der Waals surface area (Å²) in [6, 6.07) is 5.41. The summed E-state index contributed by atoms with van der Waals surface area (Å²) in [6.45, 7) is 5.09. The highest BCUT2D eigenvalue weighted by Gasteiger charge is 2.22. The second-order valence-corrected chi connectivity index (χ2v) is 6.24. The van der Waals surface area contributed by atoms with Crippen LogP contribution >= 0.6 is 0 Å². The number of aromatic amines is 1. The van der Waals surface area contributed by atoms with E-state index in [2.05, 4.69) is 9.97 Å².